The third-order valence-electron chi connectivity index (χ3n) is 3.11. The molecule has 1 aromatic heterocycles. The normalized spacial score (nSPS) is 10.6. The maximum atomic E-state index is 12.0. The summed E-state index contributed by atoms with van der Waals surface area (Å²) in [5.41, 5.74) is 0.484. The number of carbonyl (C=O) groups is 1. The van der Waals surface area contributed by atoms with Gasteiger partial charge in [0.25, 0.3) is 0 Å². The smallest absolute Gasteiger partial charge is 0.306 e. The zero-order valence-corrected chi connectivity index (χ0v) is 15.1. The summed E-state index contributed by atoms with van der Waals surface area (Å²) in [6.07, 6.45) is 5.61. The molecule has 2 amide bonds. The Hall–Kier alpha value is -1.37. The highest BCUT2D eigenvalue weighted by molar-refractivity contribution is 7.15. The van der Waals surface area contributed by atoms with E-state index in [2.05, 4.69) is 27.8 Å². The zero-order chi connectivity index (χ0) is 16.7. The molecule has 8 heteroatoms. The molecule has 1 aromatic carbocycles. The van der Waals surface area contributed by atoms with Gasteiger partial charge in [-0.2, -0.15) is 0 Å². The number of anilines is 2. The Bertz CT molecular complexity index is 663. The number of halogens is 2. The van der Waals surface area contributed by atoms with Gasteiger partial charge < -0.3 is 5.32 Å². The molecular formula is C15H18Cl2N4OS. The molecule has 0 saturated carbocycles. The Morgan fingerprint density at radius 2 is 2.00 bits per heavy atom. The van der Waals surface area contributed by atoms with Gasteiger partial charge in [-0.1, -0.05) is 60.7 Å². The number of benzene rings is 1. The Morgan fingerprint density at radius 3 is 2.74 bits per heavy atom. The summed E-state index contributed by atoms with van der Waals surface area (Å²) in [7, 11) is 0. The molecule has 124 valence electrons. The lowest BCUT2D eigenvalue weighted by atomic mass is 10.2. The lowest BCUT2D eigenvalue weighted by molar-refractivity contribution is 0.262. The molecule has 0 atom stereocenters. The van der Waals surface area contributed by atoms with Gasteiger partial charge in [-0.15, -0.1) is 10.2 Å². The van der Waals surface area contributed by atoms with E-state index in [0.29, 0.717) is 20.9 Å². The van der Waals surface area contributed by atoms with Gasteiger partial charge in [-0.05, 0) is 24.6 Å². The second-order valence-corrected chi connectivity index (χ2v) is 6.92. The van der Waals surface area contributed by atoms with Crippen LogP contribution in [-0.2, 0) is 6.42 Å². The third-order valence-corrected chi connectivity index (χ3v) is 4.56. The van der Waals surface area contributed by atoms with Crippen molar-refractivity contribution in [2.75, 3.05) is 10.6 Å². The van der Waals surface area contributed by atoms with Gasteiger partial charge in [0, 0.05) is 11.4 Å². The molecule has 0 saturated heterocycles. The van der Waals surface area contributed by atoms with E-state index in [1.165, 1.54) is 30.6 Å². The van der Waals surface area contributed by atoms with Gasteiger partial charge in [-0.3, -0.25) is 5.32 Å². The highest BCUT2D eigenvalue weighted by Crippen LogP contribution is 2.25. The molecule has 0 radical (unpaired) electrons. The summed E-state index contributed by atoms with van der Waals surface area (Å²) in [6, 6.07) is 4.45. The Kier molecular flexibility index (Phi) is 7.08. The summed E-state index contributed by atoms with van der Waals surface area (Å²) in [5.74, 6) is 0. The highest BCUT2D eigenvalue weighted by Gasteiger charge is 2.10. The van der Waals surface area contributed by atoms with E-state index >= 15 is 0 Å². The van der Waals surface area contributed by atoms with Crippen molar-refractivity contribution in [3.8, 4) is 0 Å². The third kappa shape index (κ3) is 5.97. The average Bonchev–Trinajstić information content (AvgIpc) is 2.94. The van der Waals surface area contributed by atoms with Crippen molar-refractivity contribution in [3.05, 3.63) is 33.3 Å². The number of hydrogen-bond donors (Lipinski definition) is 2. The van der Waals surface area contributed by atoms with Gasteiger partial charge in [-0.25, -0.2) is 4.79 Å². The van der Waals surface area contributed by atoms with Crippen LogP contribution in [0.5, 0.6) is 0 Å². The molecule has 0 aliphatic carbocycles. The van der Waals surface area contributed by atoms with Crippen molar-refractivity contribution < 1.29 is 4.79 Å². The first kappa shape index (κ1) is 18.0. The minimum Gasteiger partial charge on any atom is -0.306 e. The van der Waals surface area contributed by atoms with Gasteiger partial charge in [0.2, 0.25) is 5.13 Å². The molecule has 2 aromatic rings. The minimum absolute atomic E-state index is 0.376. The second kappa shape index (κ2) is 9.05. The highest BCUT2D eigenvalue weighted by atomic mass is 35.5. The van der Waals surface area contributed by atoms with Crippen LogP contribution in [0.1, 0.15) is 37.6 Å². The van der Waals surface area contributed by atoms with Crippen LogP contribution in [0.4, 0.5) is 15.6 Å². The van der Waals surface area contributed by atoms with E-state index in [9.17, 15) is 4.79 Å². The molecule has 23 heavy (non-hydrogen) atoms. The van der Waals surface area contributed by atoms with E-state index in [4.69, 9.17) is 23.2 Å². The first-order valence-electron chi connectivity index (χ1n) is 7.44. The van der Waals surface area contributed by atoms with Gasteiger partial charge in [0.15, 0.2) is 0 Å². The number of aryl methyl sites for hydroxylation is 1. The molecule has 2 rings (SSSR count). The summed E-state index contributed by atoms with van der Waals surface area (Å²) in [4.78, 5) is 12.0. The van der Waals surface area contributed by atoms with Crippen LogP contribution in [0, 0.1) is 0 Å². The number of aromatic nitrogens is 2. The van der Waals surface area contributed by atoms with Gasteiger partial charge >= 0.3 is 6.03 Å². The van der Waals surface area contributed by atoms with Crippen molar-refractivity contribution in [1.82, 2.24) is 10.2 Å². The Labute approximate surface area is 149 Å². The van der Waals surface area contributed by atoms with Crippen molar-refractivity contribution >= 4 is 51.4 Å². The van der Waals surface area contributed by atoms with Crippen LogP contribution < -0.4 is 10.6 Å². The number of carbonyl (C=O) groups excluding carboxylic acids is 1. The monoisotopic (exact) mass is 372 g/mol. The van der Waals surface area contributed by atoms with Crippen LogP contribution >= 0.6 is 34.5 Å². The lowest BCUT2D eigenvalue weighted by Gasteiger charge is -2.07. The number of amides is 2. The molecule has 0 unspecified atom stereocenters. The standard InChI is InChI=1S/C15H18Cl2N4OS/c1-2-3-4-5-6-13-20-21-15(23-13)19-14(22)18-12-8-7-10(16)9-11(12)17/h7-9H,2-6H2,1H3,(H2,18,19,21,22). The average molecular weight is 373 g/mol. The Morgan fingerprint density at radius 1 is 1.17 bits per heavy atom. The lowest BCUT2D eigenvalue weighted by Crippen LogP contribution is -2.19. The first-order chi connectivity index (χ1) is 11.1. The number of nitrogens with one attached hydrogen (secondary N) is 2. The summed E-state index contributed by atoms with van der Waals surface area (Å²) >= 11 is 13.2. The van der Waals surface area contributed by atoms with Crippen molar-refractivity contribution in [2.45, 2.75) is 39.0 Å². The summed E-state index contributed by atoms with van der Waals surface area (Å²) < 4.78 is 0. The summed E-state index contributed by atoms with van der Waals surface area (Å²) in [5, 5.41) is 15.7. The van der Waals surface area contributed by atoms with Crippen LogP contribution in [0.3, 0.4) is 0 Å². The van der Waals surface area contributed by atoms with Crippen LogP contribution in [0.15, 0.2) is 18.2 Å². The van der Waals surface area contributed by atoms with Crippen LogP contribution in [0.25, 0.3) is 0 Å². The van der Waals surface area contributed by atoms with E-state index in [-0.39, 0.29) is 0 Å². The number of nitrogens with zero attached hydrogens (tertiary/aromatic N) is 2. The molecule has 0 aliphatic heterocycles. The van der Waals surface area contributed by atoms with Crippen molar-refractivity contribution in [1.29, 1.82) is 0 Å². The Balaban J connectivity index is 1.84. The molecule has 0 bridgehead atoms. The maximum Gasteiger partial charge on any atom is 0.325 e. The van der Waals surface area contributed by atoms with E-state index < -0.39 is 6.03 Å². The quantitative estimate of drug-likeness (QED) is 0.620. The fourth-order valence-electron chi connectivity index (χ4n) is 1.95. The topological polar surface area (TPSA) is 66.9 Å². The van der Waals surface area contributed by atoms with Crippen LogP contribution in [-0.4, -0.2) is 16.2 Å². The number of unbranched alkanes of at least 4 members (excludes halogenated alkanes) is 3. The van der Waals surface area contributed by atoms with E-state index in [0.717, 1.165) is 17.8 Å². The van der Waals surface area contributed by atoms with E-state index in [1.54, 1.807) is 18.2 Å². The van der Waals surface area contributed by atoms with Gasteiger partial charge in [0.05, 0.1) is 10.7 Å². The molecule has 0 spiro atoms. The largest absolute Gasteiger partial charge is 0.325 e. The molecule has 1 heterocycles. The fourth-order valence-corrected chi connectivity index (χ4v) is 3.18. The van der Waals surface area contributed by atoms with Crippen molar-refractivity contribution in [2.24, 2.45) is 0 Å². The van der Waals surface area contributed by atoms with Gasteiger partial charge in [0.1, 0.15) is 5.01 Å². The first-order valence-corrected chi connectivity index (χ1v) is 9.01. The number of urea groups is 1. The number of hydrogen-bond acceptors (Lipinski definition) is 4. The maximum absolute atomic E-state index is 12.0. The second-order valence-electron chi connectivity index (χ2n) is 5.01. The summed E-state index contributed by atoms with van der Waals surface area (Å²) in [6.45, 7) is 2.18. The molecule has 2 N–H and O–H groups in total. The molecule has 0 aliphatic rings. The minimum atomic E-state index is -0.414. The number of rotatable bonds is 7. The molecular weight excluding hydrogens is 355 g/mol. The SMILES string of the molecule is CCCCCCc1nnc(NC(=O)Nc2ccc(Cl)cc2Cl)s1. The van der Waals surface area contributed by atoms with E-state index in [1.807, 2.05) is 0 Å². The predicted octanol–water partition coefficient (Wildman–Crippen LogP) is 5.61. The van der Waals surface area contributed by atoms with Crippen LogP contribution in [0.2, 0.25) is 10.0 Å². The predicted molar refractivity (Wildman–Crippen MR) is 96.9 cm³/mol. The fraction of sp³-hybridized carbons (Fsp3) is 0.400. The molecule has 0 fully saturated rings. The zero-order valence-electron chi connectivity index (χ0n) is 12.7. The molecule has 5 nitrogen and oxygen atoms in total. The van der Waals surface area contributed by atoms with Crippen molar-refractivity contribution in [3.63, 3.8) is 0 Å².